The number of hydrogen-bond acceptors (Lipinski definition) is 3. The number of benzene rings is 2. The van der Waals surface area contributed by atoms with Crippen molar-refractivity contribution in [3.05, 3.63) is 48.5 Å². The highest BCUT2D eigenvalue weighted by molar-refractivity contribution is 6.07. The topological polar surface area (TPSA) is 28.2 Å². The smallest absolute Gasteiger partial charge is 0.0730 e. The number of rotatable bonds is 8. The van der Waals surface area contributed by atoms with Gasteiger partial charge in [-0.2, -0.15) is 0 Å². The predicted molar refractivity (Wildman–Crippen MR) is 109 cm³/mol. The van der Waals surface area contributed by atoms with E-state index < -0.39 is 0 Å². The maximum atomic E-state index is 4.81. The molecular formula is C22H29N3. The molecule has 3 rings (SSSR count). The minimum atomic E-state index is 0.435. The molecule has 2 aromatic carbocycles. The van der Waals surface area contributed by atoms with E-state index >= 15 is 0 Å². The minimum Gasteiger partial charge on any atom is -0.381 e. The first kappa shape index (κ1) is 17.7. The lowest BCUT2D eigenvalue weighted by Gasteiger charge is -2.21. The molecule has 0 spiro atoms. The van der Waals surface area contributed by atoms with Gasteiger partial charge in [0.2, 0.25) is 0 Å². The van der Waals surface area contributed by atoms with Crippen LogP contribution in [0.4, 0.5) is 5.69 Å². The third-order valence-corrected chi connectivity index (χ3v) is 4.98. The van der Waals surface area contributed by atoms with Gasteiger partial charge < -0.3 is 10.2 Å². The molecular weight excluding hydrogens is 306 g/mol. The van der Waals surface area contributed by atoms with Gasteiger partial charge in [0.15, 0.2) is 0 Å². The molecule has 0 radical (unpaired) electrons. The first-order valence-corrected chi connectivity index (χ1v) is 9.49. The number of anilines is 1. The van der Waals surface area contributed by atoms with E-state index in [9.17, 15) is 0 Å². The predicted octanol–water partition coefficient (Wildman–Crippen LogP) is 5.31. The maximum Gasteiger partial charge on any atom is 0.0730 e. The van der Waals surface area contributed by atoms with Gasteiger partial charge >= 0.3 is 0 Å². The number of pyridine rings is 1. The lowest BCUT2D eigenvalue weighted by molar-refractivity contribution is 0.295. The maximum absolute atomic E-state index is 4.81. The zero-order chi connectivity index (χ0) is 17.6. The van der Waals surface area contributed by atoms with Gasteiger partial charge in [0.1, 0.15) is 0 Å². The van der Waals surface area contributed by atoms with Crippen molar-refractivity contribution in [1.29, 1.82) is 0 Å². The van der Waals surface area contributed by atoms with E-state index in [1.807, 2.05) is 0 Å². The molecule has 1 N–H and O–H groups in total. The number of para-hydroxylation sites is 2. The first-order valence-electron chi connectivity index (χ1n) is 9.49. The molecule has 0 fully saturated rings. The van der Waals surface area contributed by atoms with Gasteiger partial charge in [0.05, 0.1) is 16.7 Å². The second kappa shape index (κ2) is 8.30. The van der Waals surface area contributed by atoms with E-state index in [2.05, 4.69) is 79.5 Å². The number of hydrogen-bond donors (Lipinski definition) is 1. The number of aromatic nitrogens is 1. The van der Waals surface area contributed by atoms with Crippen molar-refractivity contribution >= 4 is 27.5 Å². The van der Waals surface area contributed by atoms with Crippen molar-refractivity contribution in [3.8, 4) is 0 Å². The molecule has 1 unspecified atom stereocenters. The number of nitrogens with one attached hydrogen (secondary N) is 1. The Kier molecular flexibility index (Phi) is 5.87. The van der Waals surface area contributed by atoms with Gasteiger partial charge in [-0.15, -0.1) is 0 Å². The SMILES string of the molecule is CCN(CC)CCCC(C)Nc1c2ccccc2nc2ccccc12. The quantitative estimate of drug-likeness (QED) is 0.565. The van der Waals surface area contributed by atoms with Crippen LogP contribution in [0, 0.1) is 0 Å². The van der Waals surface area contributed by atoms with Crippen LogP contribution in [0.25, 0.3) is 21.8 Å². The Bertz CT molecular complexity index is 770. The van der Waals surface area contributed by atoms with E-state index in [-0.39, 0.29) is 0 Å². The lowest BCUT2D eigenvalue weighted by Crippen LogP contribution is -2.25. The molecule has 3 heteroatoms. The Labute approximate surface area is 151 Å². The van der Waals surface area contributed by atoms with Crippen molar-refractivity contribution in [1.82, 2.24) is 9.88 Å². The molecule has 3 aromatic rings. The van der Waals surface area contributed by atoms with Crippen LogP contribution in [-0.4, -0.2) is 35.6 Å². The van der Waals surface area contributed by atoms with Gasteiger partial charge in [0, 0.05) is 16.8 Å². The van der Waals surface area contributed by atoms with Crippen LogP contribution in [0.1, 0.15) is 33.6 Å². The monoisotopic (exact) mass is 335 g/mol. The molecule has 3 nitrogen and oxygen atoms in total. The fraction of sp³-hybridized carbons (Fsp3) is 0.409. The third kappa shape index (κ3) is 4.10. The highest BCUT2D eigenvalue weighted by Gasteiger charge is 2.11. The van der Waals surface area contributed by atoms with Crippen LogP contribution in [0.5, 0.6) is 0 Å². The Hall–Kier alpha value is -2.13. The third-order valence-electron chi connectivity index (χ3n) is 4.98. The van der Waals surface area contributed by atoms with E-state index in [1.54, 1.807) is 0 Å². The molecule has 0 saturated carbocycles. The van der Waals surface area contributed by atoms with Gasteiger partial charge in [-0.25, -0.2) is 4.98 Å². The standard InChI is InChI=1S/C22H29N3/c1-4-25(5-2)16-10-11-17(3)23-22-18-12-6-8-14-20(18)24-21-15-9-7-13-19(21)22/h6-9,12-15,17H,4-5,10-11,16H2,1-3H3,(H,23,24). The molecule has 0 aliphatic heterocycles. The van der Waals surface area contributed by atoms with Gasteiger partial charge in [-0.05, 0) is 51.5 Å². The zero-order valence-corrected chi connectivity index (χ0v) is 15.6. The van der Waals surface area contributed by atoms with Crippen molar-refractivity contribution < 1.29 is 0 Å². The second-order valence-electron chi connectivity index (χ2n) is 6.74. The van der Waals surface area contributed by atoms with Crippen molar-refractivity contribution in [3.63, 3.8) is 0 Å². The van der Waals surface area contributed by atoms with Crippen LogP contribution in [-0.2, 0) is 0 Å². The Morgan fingerprint density at radius 1 is 0.920 bits per heavy atom. The van der Waals surface area contributed by atoms with Crippen LogP contribution < -0.4 is 5.32 Å². The fourth-order valence-corrected chi connectivity index (χ4v) is 3.47. The number of fused-ring (bicyclic) bond motifs is 2. The fourth-order valence-electron chi connectivity index (χ4n) is 3.47. The Morgan fingerprint density at radius 3 is 2.04 bits per heavy atom. The van der Waals surface area contributed by atoms with E-state index in [1.165, 1.54) is 35.8 Å². The van der Waals surface area contributed by atoms with Crippen LogP contribution in [0.3, 0.4) is 0 Å². The molecule has 0 amide bonds. The molecule has 0 saturated heterocycles. The summed E-state index contributed by atoms with van der Waals surface area (Å²) in [6.45, 7) is 10.2. The molecule has 132 valence electrons. The highest BCUT2D eigenvalue weighted by atomic mass is 15.1. The second-order valence-corrected chi connectivity index (χ2v) is 6.74. The summed E-state index contributed by atoms with van der Waals surface area (Å²) in [7, 11) is 0. The number of nitrogens with zero attached hydrogens (tertiary/aromatic N) is 2. The normalized spacial score (nSPS) is 12.8. The largest absolute Gasteiger partial charge is 0.381 e. The summed E-state index contributed by atoms with van der Waals surface area (Å²) >= 11 is 0. The Morgan fingerprint density at radius 2 is 1.48 bits per heavy atom. The van der Waals surface area contributed by atoms with Crippen LogP contribution in [0.15, 0.2) is 48.5 Å². The van der Waals surface area contributed by atoms with E-state index in [4.69, 9.17) is 4.98 Å². The van der Waals surface area contributed by atoms with Crippen molar-refractivity contribution in [2.45, 2.75) is 39.7 Å². The van der Waals surface area contributed by atoms with E-state index in [0.29, 0.717) is 6.04 Å². The molecule has 0 bridgehead atoms. The lowest BCUT2D eigenvalue weighted by atomic mass is 10.1. The average Bonchev–Trinajstić information content (AvgIpc) is 2.65. The summed E-state index contributed by atoms with van der Waals surface area (Å²) in [5.41, 5.74) is 3.33. The average molecular weight is 335 g/mol. The molecule has 0 aliphatic rings. The molecule has 1 atom stereocenters. The Balaban J connectivity index is 1.81. The van der Waals surface area contributed by atoms with Gasteiger partial charge in [-0.3, -0.25) is 0 Å². The molecule has 25 heavy (non-hydrogen) atoms. The van der Waals surface area contributed by atoms with E-state index in [0.717, 1.165) is 24.1 Å². The first-order chi connectivity index (χ1) is 12.2. The van der Waals surface area contributed by atoms with Gasteiger partial charge in [-0.1, -0.05) is 50.2 Å². The summed E-state index contributed by atoms with van der Waals surface area (Å²) in [5.74, 6) is 0. The molecule has 1 aromatic heterocycles. The molecule has 1 heterocycles. The highest BCUT2D eigenvalue weighted by Crippen LogP contribution is 2.31. The van der Waals surface area contributed by atoms with Crippen LogP contribution >= 0.6 is 0 Å². The van der Waals surface area contributed by atoms with Crippen molar-refractivity contribution in [2.24, 2.45) is 0 Å². The summed E-state index contributed by atoms with van der Waals surface area (Å²) in [5, 5.41) is 6.19. The van der Waals surface area contributed by atoms with Crippen molar-refractivity contribution in [2.75, 3.05) is 25.0 Å². The van der Waals surface area contributed by atoms with Crippen LogP contribution in [0.2, 0.25) is 0 Å². The van der Waals surface area contributed by atoms with Gasteiger partial charge in [0.25, 0.3) is 0 Å². The molecule has 0 aliphatic carbocycles. The zero-order valence-electron chi connectivity index (χ0n) is 15.6. The summed E-state index contributed by atoms with van der Waals surface area (Å²) < 4.78 is 0. The summed E-state index contributed by atoms with van der Waals surface area (Å²) in [4.78, 5) is 7.30. The minimum absolute atomic E-state index is 0.435. The summed E-state index contributed by atoms with van der Waals surface area (Å²) in [6.07, 6.45) is 2.39. The summed E-state index contributed by atoms with van der Waals surface area (Å²) in [6, 6.07) is 17.3.